The van der Waals surface area contributed by atoms with Crippen LogP contribution >= 0.6 is 0 Å². The Labute approximate surface area is 97.9 Å². The molecule has 1 saturated heterocycles. The Morgan fingerprint density at radius 1 is 1.18 bits per heavy atom. The zero-order valence-corrected chi connectivity index (χ0v) is 9.09. The second kappa shape index (κ2) is 3.66. The van der Waals surface area contributed by atoms with E-state index < -0.39 is 5.91 Å². The van der Waals surface area contributed by atoms with Gasteiger partial charge in [0.05, 0.1) is 5.69 Å². The number of nitrogens with zero attached hydrogens (tertiary/aromatic N) is 2. The molecule has 1 fully saturated rings. The molecule has 0 saturated carbocycles. The Morgan fingerprint density at radius 3 is 2.82 bits per heavy atom. The summed E-state index contributed by atoms with van der Waals surface area (Å²) >= 11 is 0. The molecule has 3 rings (SSSR count). The average molecular weight is 226 g/mol. The van der Waals surface area contributed by atoms with Crippen molar-refractivity contribution in [1.82, 2.24) is 4.98 Å². The Bertz CT molecular complexity index is 616. The van der Waals surface area contributed by atoms with Crippen molar-refractivity contribution in [3.63, 3.8) is 0 Å². The number of ketones is 1. The van der Waals surface area contributed by atoms with Gasteiger partial charge >= 0.3 is 0 Å². The Hall–Kier alpha value is -2.23. The van der Waals surface area contributed by atoms with Crippen molar-refractivity contribution in [2.45, 2.75) is 6.42 Å². The number of carbonyl (C=O) groups is 2. The minimum Gasteiger partial charge on any atom is -0.305 e. The molecule has 4 heteroatoms. The maximum atomic E-state index is 11.7. The van der Waals surface area contributed by atoms with Gasteiger partial charge in [0.1, 0.15) is 0 Å². The van der Waals surface area contributed by atoms with E-state index in [4.69, 9.17) is 0 Å². The van der Waals surface area contributed by atoms with Gasteiger partial charge in [0, 0.05) is 30.7 Å². The molecule has 2 heterocycles. The van der Waals surface area contributed by atoms with Crippen LogP contribution in [-0.2, 0) is 9.59 Å². The number of Topliss-reactive ketones (excluding diaryl/α,β-unsaturated/α-hetero) is 1. The fourth-order valence-electron chi connectivity index (χ4n) is 2.13. The van der Waals surface area contributed by atoms with E-state index in [2.05, 4.69) is 4.98 Å². The molecule has 1 aromatic heterocycles. The van der Waals surface area contributed by atoms with E-state index in [0.717, 1.165) is 16.5 Å². The molecule has 4 nitrogen and oxygen atoms in total. The van der Waals surface area contributed by atoms with E-state index in [-0.39, 0.29) is 5.78 Å². The number of anilines is 1. The number of fused-ring (bicyclic) bond motifs is 1. The van der Waals surface area contributed by atoms with Crippen LogP contribution < -0.4 is 4.90 Å². The second-order valence-electron chi connectivity index (χ2n) is 4.00. The van der Waals surface area contributed by atoms with Crippen LogP contribution in [-0.4, -0.2) is 23.2 Å². The summed E-state index contributed by atoms with van der Waals surface area (Å²) in [5, 5.41) is 1.92. The van der Waals surface area contributed by atoms with Gasteiger partial charge in [-0.2, -0.15) is 0 Å². The van der Waals surface area contributed by atoms with E-state index in [9.17, 15) is 9.59 Å². The Morgan fingerprint density at radius 2 is 2.06 bits per heavy atom. The van der Waals surface area contributed by atoms with E-state index in [1.54, 1.807) is 12.4 Å². The highest BCUT2D eigenvalue weighted by atomic mass is 16.2. The van der Waals surface area contributed by atoms with Crippen molar-refractivity contribution in [1.29, 1.82) is 0 Å². The molecule has 0 bridgehead atoms. The van der Waals surface area contributed by atoms with Crippen LogP contribution in [0.2, 0.25) is 0 Å². The summed E-state index contributed by atoms with van der Waals surface area (Å²) in [6.45, 7) is 0.464. The summed E-state index contributed by atoms with van der Waals surface area (Å²) in [5.41, 5.74) is 0.770. The van der Waals surface area contributed by atoms with Gasteiger partial charge in [-0.15, -0.1) is 0 Å². The number of carbonyl (C=O) groups excluding carboxylic acids is 2. The van der Waals surface area contributed by atoms with Gasteiger partial charge in [-0.3, -0.25) is 14.6 Å². The van der Waals surface area contributed by atoms with Crippen LogP contribution in [0.25, 0.3) is 10.8 Å². The van der Waals surface area contributed by atoms with E-state index in [0.29, 0.717) is 13.0 Å². The largest absolute Gasteiger partial charge is 0.305 e. The number of hydrogen-bond acceptors (Lipinski definition) is 3. The number of pyridine rings is 1. The molecule has 1 amide bonds. The molecule has 0 N–H and O–H groups in total. The highest BCUT2D eigenvalue weighted by molar-refractivity contribution is 6.44. The monoisotopic (exact) mass is 226 g/mol. The predicted molar refractivity (Wildman–Crippen MR) is 63.7 cm³/mol. The van der Waals surface area contributed by atoms with Gasteiger partial charge in [0.15, 0.2) is 0 Å². The first-order chi connectivity index (χ1) is 8.27. The number of aromatic nitrogens is 1. The lowest BCUT2D eigenvalue weighted by molar-refractivity contribution is -0.133. The van der Waals surface area contributed by atoms with Crippen LogP contribution in [0, 0.1) is 0 Å². The second-order valence-corrected chi connectivity index (χ2v) is 4.00. The molecule has 84 valence electrons. The fraction of sp³-hybridized carbons (Fsp3) is 0.154. The minimum absolute atomic E-state index is 0.301. The van der Waals surface area contributed by atoms with Gasteiger partial charge in [0.25, 0.3) is 5.91 Å². The van der Waals surface area contributed by atoms with Gasteiger partial charge in [-0.25, -0.2) is 0 Å². The molecule has 0 radical (unpaired) electrons. The fourth-order valence-corrected chi connectivity index (χ4v) is 2.13. The lowest BCUT2D eigenvalue weighted by Crippen LogP contribution is -2.27. The van der Waals surface area contributed by atoms with Crippen molar-refractivity contribution >= 4 is 28.2 Å². The molecule has 1 aliphatic rings. The molecule has 2 aromatic rings. The molecule has 0 atom stereocenters. The quantitative estimate of drug-likeness (QED) is 0.693. The van der Waals surface area contributed by atoms with Crippen molar-refractivity contribution in [2.24, 2.45) is 0 Å². The Balaban J connectivity index is 2.18. The molecule has 1 aromatic carbocycles. The molecule has 17 heavy (non-hydrogen) atoms. The molecule has 1 aliphatic heterocycles. The van der Waals surface area contributed by atoms with Crippen LogP contribution in [0.3, 0.4) is 0 Å². The van der Waals surface area contributed by atoms with E-state index >= 15 is 0 Å². The minimum atomic E-state index is -0.415. The summed E-state index contributed by atoms with van der Waals surface area (Å²) in [7, 11) is 0. The van der Waals surface area contributed by atoms with Crippen molar-refractivity contribution in [3.8, 4) is 0 Å². The van der Waals surface area contributed by atoms with Crippen molar-refractivity contribution in [2.75, 3.05) is 11.4 Å². The number of hydrogen-bond donors (Lipinski definition) is 0. The van der Waals surface area contributed by atoms with Crippen LogP contribution in [0.15, 0.2) is 36.7 Å². The molecule has 0 aliphatic carbocycles. The molecule has 0 unspecified atom stereocenters. The maximum Gasteiger partial charge on any atom is 0.294 e. The molecule has 0 spiro atoms. The molecular formula is C13H10N2O2. The average Bonchev–Trinajstić information content (AvgIpc) is 2.69. The number of amides is 1. The summed E-state index contributed by atoms with van der Waals surface area (Å²) in [4.78, 5) is 28.6. The third-order valence-corrected chi connectivity index (χ3v) is 3.00. The van der Waals surface area contributed by atoms with Gasteiger partial charge in [-0.05, 0) is 17.5 Å². The van der Waals surface area contributed by atoms with Crippen LogP contribution in [0.1, 0.15) is 6.42 Å². The summed E-state index contributed by atoms with van der Waals surface area (Å²) < 4.78 is 0. The zero-order valence-electron chi connectivity index (χ0n) is 9.09. The Kier molecular flexibility index (Phi) is 2.14. The van der Waals surface area contributed by atoms with Gasteiger partial charge in [-0.1, -0.05) is 12.1 Å². The first-order valence-electron chi connectivity index (χ1n) is 5.45. The van der Waals surface area contributed by atoms with Crippen molar-refractivity contribution in [3.05, 3.63) is 36.7 Å². The summed E-state index contributed by atoms with van der Waals surface area (Å²) in [6, 6.07) is 7.58. The van der Waals surface area contributed by atoms with Gasteiger partial charge in [0.2, 0.25) is 5.78 Å². The van der Waals surface area contributed by atoms with E-state index in [1.807, 2.05) is 24.3 Å². The first kappa shape index (κ1) is 9.96. The summed E-state index contributed by atoms with van der Waals surface area (Å²) in [6.07, 6.45) is 3.74. The summed E-state index contributed by atoms with van der Waals surface area (Å²) in [5.74, 6) is -0.729. The highest BCUT2D eigenvalue weighted by Crippen LogP contribution is 2.28. The maximum absolute atomic E-state index is 11.7. The lowest BCUT2D eigenvalue weighted by atomic mass is 10.1. The number of benzene rings is 1. The first-order valence-corrected chi connectivity index (χ1v) is 5.45. The standard InChI is InChI=1S/C13H10N2O2/c16-12-5-7-15(13(12)17)11-3-1-2-9-4-6-14-8-10(9)11/h1-4,6,8H,5,7H2. The van der Waals surface area contributed by atoms with Crippen LogP contribution in [0.5, 0.6) is 0 Å². The topological polar surface area (TPSA) is 50.3 Å². The lowest BCUT2D eigenvalue weighted by Gasteiger charge is -2.16. The SMILES string of the molecule is O=C1CCN(c2cccc3ccncc23)C1=O. The normalized spacial score (nSPS) is 15.9. The molecular weight excluding hydrogens is 216 g/mol. The number of rotatable bonds is 1. The third-order valence-electron chi connectivity index (χ3n) is 3.00. The zero-order chi connectivity index (χ0) is 11.8. The smallest absolute Gasteiger partial charge is 0.294 e. The third kappa shape index (κ3) is 1.49. The predicted octanol–water partition coefficient (Wildman–Crippen LogP) is 1.54. The van der Waals surface area contributed by atoms with Crippen molar-refractivity contribution < 1.29 is 9.59 Å². The van der Waals surface area contributed by atoms with Gasteiger partial charge < -0.3 is 4.90 Å². The highest BCUT2D eigenvalue weighted by Gasteiger charge is 2.30. The van der Waals surface area contributed by atoms with Crippen LogP contribution in [0.4, 0.5) is 5.69 Å². The van der Waals surface area contributed by atoms with E-state index in [1.165, 1.54) is 4.90 Å².